The topological polar surface area (TPSA) is 58.8 Å². The normalized spacial score (nSPS) is 17.7. The molecule has 1 fully saturated rings. The molecule has 0 unspecified atom stereocenters. The number of rotatable bonds is 2. The van der Waals surface area contributed by atoms with Crippen molar-refractivity contribution in [2.75, 3.05) is 44.7 Å². The molecule has 7 nitrogen and oxygen atoms in total. The second-order valence-corrected chi connectivity index (χ2v) is 6.77. The molecular formula is C19H20N6O. The molecule has 2 aliphatic heterocycles. The van der Waals surface area contributed by atoms with Gasteiger partial charge < -0.3 is 14.5 Å². The Hall–Kier alpha value is -2.93. The Kier molecular flexibility index (Phi) is 3.60. The van der Waals surface area contributed by atoms with Crippen LogP contribution in [0.4, 0.5) is 5.82 Å². The van der Waals surface area contributed by atoms with E-state index in [0.717, 1.165) is 48.8 Å². The molecule has 0 spiro atoms. The first-order valence-corrected chi connectivity index (χ1v) is 8.84. The third kappa shape index (κ3) is 2.70. The molecule has 0 amide bonds. The highest BCUT2D eigenvalue weighted by molar-refractivity contribution is 5.84. The molecule has 0 bridgehead atoms. The van der Waals surface area contributed by atoms with E-state index in [-0.39, 0.29) is 0 Å². The minimum atomic E-state index is 0.468. The van der Waals surface area contributed by atoms with E-state index in [1.54, 1.807) is 6.20 Å². The van der Waals surface area contributed by atoms with Gasteiger partial charge >= 0.3 is 0 Å². The maximum absolute atomic E-state index is 5.95. The number of fused-ring (bicyclic) bond motifs is 2. The molecule has 1 saturated heterocycles. The molecule has 132 valence electrons. The Bertz CT molecular complexity index is 954. The maximum atomic E-state index is 5.95. The zero-order chi connectivity index (χ0) is 17.5. The highest BCUT2D eigenvalue weighted by atomic mass is 16.5. The molecule has 0 aromatic carbocycles. The van der Waals surface area contributed by atoms with Crippen LogP contribution in [0.25, 0.3) is 17.4 Å². The fourth-order valence-corrected chi connectivity index (χ4v) is 3.39. The van der Waals surface area contributed by atoms with Crippen LogP contribution in [-0.4, -0.2) is 64.1 Å². The predicted molar refractivity (Wildman–Crippen MR) is 100 cm³/mol. The van der Waals surface area contributed by atoms with Crippen molar-refractivity contribution >= 4 is 23.2 Å². The minimum Gasteiger partial charge on any atom is -0.472 e. The number of piperazine rings is 1. The molecule has 0 radical (unpaired) electrons. The molecular weight excluding hydrogens is 328 g/mol. The summed E-state index contributed by atoms with van der Waals surface area (Å²) < 4.78 is 7.87. The SMILES string of the molecule is CN1CCN(c2ccc3c(n2)OCC(c2cn4cccnc4n2)=C3)CC1. The molecule has 0 atom stereocenters. The van der Waals surface area contributed by atoms with E-state index in [1.807, 2.05) is 22.9 Å². The van der Waals surface area contributed by atoms with Crippen LogP contribution in [0.15, 0.2) is 36.8 Å². The van der Waals surface area contributed by atoms with Gasteiger partial charge in [0.15, 0.2) is 0 Å². The smallest absolute Gasteiger partial charge is 0.234 e. The number of nitrogens with zero attached hydrogens (tertiary/aromatic N) is 6. The van der Waals surface area contributed by atoms with E-state index < -0.39 is 0 Å². The molecule has 3 aromatic heterocycles. The van der Waals surface area contributed by atoms with E-state index in [4.69, 9.17) is 9.72 Å². The summed E-state index contributed by atoms with van der Waals surface area (Å²) in [4.78, 5) is 18.2. The Morgan fingerprint density at radius 1 is 1.08 bits per heavy atom. The second-order valence-electron chi connectivity index (χ2n) is 6.77. The number of imidazole rings is 1. The quantitative estimate of drug-likeness (QED) is 0.704. The summed E-state index contributed by atoms with van der Waals surface area (Å²) in [5.41, 5.74) is 2.92. The summed E-state index contributed by atoms with van der Waals surface area (Å²) in [6.45, 7) is 4.59. The average Bonchev–Trinajstić information content (AvgIpc) is 3.12. The van der Waals surface area contributed by atoms with Crippen LogP contribution < -0.4 is 9.64 Å². The third-order valence-corrected chi connectivity index (χ3v) is 4.96. The van der Waals surface area contributed by atoms with Crippen LogP contribution in [0, 0.1) is 0 Å². The van der Waals surface area contributed by atoms with Crippen LogP contribution in [0.1, 0.15) is 11.3 Å². The molecule has 2 aliphatic rings. The van der Waals surface area contributed by atoms with Gasteiger partial charge in [-0.05, 0) is 31.3 Å². The van der Waals surface area contributed by atoms with Crippen LogP contribution in [0.5, 0.6) is 5.88 Å². The van der Waals surface area contributed by atoms with Gasteiger partial charge in [0.25, 0.3) is 0 Å². The third-order valence-electron chi connectivity index (χ3n) is 4.96. The highest BCUT2D eigenvalue weighted by Crippen LogP contribution is 2.30. The van der Waals surface area contributed by atoms with Gasteiger partial charge in [0.2, 0.25) is 11.7 Å². The van der Waals surface area contributed by atoms with Gasteiger partial charge in [0.05, 0.1) is 5.69 Å². The largest absolute Gasteiger partial charge is 0.472 e. The summed E-state index contributed by atoms with van der Waals surface area (Å²) >= 11 is 0. The molecule has 26 heavy (non-hydrogen) atoms. The number of aromatic nitrogens is 4. The highest BCUT2D eigenvalue weighted by Gasteiger charge is 2.20. The van der Waals surface area contributed by atoms with E-state index >= 15 is 0 Å². The molecule has 0 saturated carbocycles. The van der Waals surface area contributed by atoms with Crippen molar-refractivity contribution in [3.05, 3.63) is 48.0 Å². The fourth-order valence-electron chi connectivity index (χ4n) is 3.39. The van der Waals surface area contributed by atoms with Gasteiger partial charge in [-0.1, -0.05) is 0 Å². The van der Waals surface area contributed by atoms with Crippen molar-refractivity contribution in [1.82, 2.24) is 24.3 Å². The number of hydrogen-bond acceptors (Lipinski definition) is 6. The number of anilines is 1. The zero-order valence-electron chi connectivity index (χ0n) is 14.7. The summed E-state index contributed by atoms with van der Waals surface area (Å²) in [5, 5.41) is 0. The lowest BCUT2D eigenvalue weighted by atomic mass is 10.1. The monoisotopic (exact) mass is 348 g/mol. The Morgan fingerprint density at radius 3 is 2.81 bits per heavy atom. The molecule has 7 heteroatoms. The van der Waals surface area contributed by atoms with Crippen LogP contribution in [-0.2, 0) is 0 Å². The first-order valence-electron chi connectivity index (χ1n) is 8.84. The minimum absolute atomic E-state index is 0.468. The van der Waals surface area contributed by atoms with Gasteiger partial charge in [0, 0.05) is 55.9 Å². The number of pyridine rings is 1. The summed E-state index contributed by atoms with van der Waals surface area (Å²) in [5.74, 6) is 2.38. The molecule has 5 rings (SSSR count). The lowest BCUT2D eigenvalue weighted by Crippen LogP contribution is -2.44. The lowest BCUT2D eigenvalue weighted by Gasteiger charge is -2.33. The van der Waals surface area contributed by atoms with Crippen molar-refractivity contribution in [2.45, 2.75) is 0 Å². The Balaban J connectivity index is 1.43. The summed E-state index contributed by atoms with van der Waals surface area (Å²) in [6, 6.07) is 6.06. The second kappa shape index (κ2) is 6.10. The van der Waals surface area contributed by atoms with Gasteiger partial charge in [0.1, 0.15) is 12.4 Å². The number of hydrogen-bond donors (Lipinski definition) is 0. The van der Waals surface area contributed by atoms with Crippen LogP contribution in [0.3, 0.4) is 0 Å². The van der Waals surface area contributed by atoms with Crippen molar-refractivity contribution in [3.8, 4) is 5.88 Å². The van der Waals surface area contributed by atoms with Crippen molar-refractivity contribution < 1.29 is 4.74 Å². The maximum Gasteiger partial charge on any atom is 0.234 e. The van der Waals surface area contributed by atoms with Gasteiger partial charge in [-0.2, -0.15) is 4.98 Å². The van der Waals surface area contributed by atoms with E-state index in [0.29, 0.717) is 18.3 Å². The van der Waals surface area contributed by atoms with Gasteiger partial charge in [-0.3, -0.25) is 4.40 Å². The lowest BCUT2D eigenvalue weighted by molar-refractivity contribution is 0.310. The molecule has 5 heterocycles. The van der Waals surface area contributed by atoms with Crippen molar-refractivity contribution in [1.29, 1.82) is 0 Å². The number of likely N-dealkylation sites (N-methyl/N-ethyl adjacent to an activating group) is 1. The number of ether oxygens (including phenoxy) is 1. The standard InChI is InChI=1S/C19H20N6O/c1-23-7-9-24(10-8-23)17-4-3-14-11-15(13-26-18(14)22-17)16-12-25-6-2-5-20-19(25)21-16/h2-6,11-12H,7-10,13H2,1H3. The van der Waals surface area contributed by atoms with E-state index in [2.05, 4.69) is 45.0 Å². The van der Waals surface area contributed by atoms with Crippen LogP contribution >= 0.6 is 0 Å². The first kappa shape index (κ1) is 15.3. The summed E-state index contributed by atoms with van der Waals surface area (Å²) in [6.07, 6.45) is 7.79. The predicted octanol–water partition coefficient (Wildman–Crippen LogP) is 1.81. The van der Waals surface area contributed by atoms with E-state index in [1.165, 1.54) is 0 Å². The fraction of sp³-hybridized carbons (Fsp3) is 0.316. The van der Waals surface area contributed by atoms with Crippen molar-refractivity contribution in [2.24, 2.45) is 0 Å². The molecule has 0 N–H and O–H groups in total. The molecule has 0 aliphatic carbocycles. The van der Waals surface area contributed by atoms with Crippen molar-refractivity contribution in [3.63, 3.8) is 0 Å². The Morgan fingerprint density at radius 2 is 1.96 bits per heavy atom. The summed E-state index contributed by atoms with van der Waals surface area (Å²) in [7, 11) is 2.15. The molecule has 3 aromatic rings. The first-order chi connectivity index (χ1) is 12.8. The Labute approximate surface area is 151 Å². The average molecular weight is 348 g/mol. The van der Waals surface area contributed by atoms with Crippen LogP contribution in [0.2, 0.25) is 0 Å². The van der Waals surface area contributed by atoms with Gasteiger partial charge in [-0.25, -0.2) is 9.97 Å². The zero-order valence-corrected chi connectivity index (χ0v) is 14.7. The van der Waals surface area contributed by atoms with E-state index in [9.17, 15) is 0 Å². The van der Waals surface area contributed by atoms with Gasteiger partial charge in [-0.15, -0.1) is 0 Å².